The molecule has 1 aromatic heterocycles. The van der Waals surface area contributed by atoms with E-state index in [0.717, 1.165) is 22.8 Å². The van der Waals surface area contributed by atoms with Crippen LogP contribution in [0, 0.1) is 20.8 Å². The maximum atomic E-state index is 6.37. The fraction of sp³-hybridized carbons (Fsp3) is 0.438. The second kappa shape index (κ2) is 5.98. The zero-order valence-corrected chi connectivity index (χ0v) is 13.5. The summed E-state index contributed by atoms with van der Waals surface area (Å²) < 4.78 is 1.88. The number of hydrogen-bond donors (Lipinski definition) is 1. The van der Waals surface area contributed by atoms with Crippen LogP contribution < -0.4 is 5.32 Å². The van der Waals surface area contributed by atoms with E-state index in [2.05, 4.69) is 42.5 Å². The Morgan fingerprint density at radius 1 is 1.25 bits per heavy atom. The van der Waals surface area contributed by atoms with Gasteiger partial charge in [0.1, 0.15) is 0 Å². The predicted octanol–water partition coefficient (Wildman–Crippen LogP) is 3.50. The number of likely N-dealkylation sites (N-methyl/N-ethyl adjacent to an activating group) is 1. The normalized spacial score (nSPS) is 12.7. The van der Waals surface area contributed by atoms with E-state index in [1.165, 1.54) is 16.7 Å². The van der Waals surface area contributed by atoms with E-state index in [1.54, 1.807) is 0 Å². The summed E-state index contributed by atoms with van der Waals surface area (Å²) in [5.74, 6) is 0. The lowest BCUT2D eigenvalue weighted by atomic mass is 9.93. The van der Waals surface area contributed by atoms with E-state index >= 15 is 0 Å². The van der Waals surface area contributed by atoms with Gasteiger partial charge in [0.2, 0.25) is 0 Å². The van der Waals surface area contributed by atoms with Crippen molar-refractivity contribution in [3.8, 4) is 0 Å². The molecule has 1 aromatic carbocycles. The lowest BCUT2D eigenvalue weighted by Crippen LogP contribution is -2.22. The highest BCUT2D eigenvalue weighted by Crippen LogP contribution is 2.28. The number of hydrogen-bond acceptors (Lipinski definition) is 2. The van der Waals surface area contributed by atoms with Gasteiger partial charge in [-0.25, -0.2) is 0 Å². The highest BCUT2D eigenvalue weighted by atomic mass is 35.5. The van der Waals surface area contributed by atoms with Gasteiger partial charge in [0, 0.05) is 19.5 Å². The summed E-state index contributed by atoms with van der Waals surface area (Å²) in [5, 5.41) is 8.58. The third kappa shape index (κ3) is 2.74. The summed E-state index contributed by atoms with van der Waals surface area (Å²) >= 11 is 6.37. The van der Waals surface area contributed by atoms with Gasteiger partial charge < -0.3 is 5.32 Å². The molecule has 1 heterocycles. The van der Waals surface area contributed by atoms with Crippen molar-refractivity contribution in [2.24, 2.45) is 7.05 Å². The second-order valence-corrected chi connectivity index (χ2v) is 5.70. The molecule has 0 saturated heterocycles. The minimum Gasteiger partial charge on any atom is -0.313 e. The van der Waals surface area contributed by atoms with Crippen LogP contribution in [-0.4, -0.2) is 16.8 Å². The van der Waals surface area contributed by atoms with Gasteiger partial charge in [-0.15, -0.1) is 0 Å². The van der Waals surface area contributed by atoms with Crippen molar-refractivity contribution in [3.63, 3.8) is 0 Å². The molecule has 0 bridgehead atoms. The molecule has 0 aliphatic heterocycles. The van der Waals surface area contributed by atoms with Crippen molar-refractivity contribution in [1.82, 2.24) is 15.1 Å². The molecule has 2 rings (SSSR count). The molecule has 4 heteroatoms. The van der Waals surface area contributed by atoms with Crippen molar-refractivity contribution in [2.45, 2.75) is 33.2 Å². The summed E-state index contributed by atoms with van der Waals surface area (Å²) in [7, 11) is 3.94. The van der Waals surface area contributed by atoms with Crippen molar-refractivity contribution < 1.29 is 0 Å². The van der Waals surface area contributed by atoms with Crippen LogP contribution >= 0.6 is 11.6 Å². The standard InChI is InChI=1S/C16H22ClN3/c1-10-7-6-8-11(2)15(10)13(18-4)9-14-16(17)12(3)19-20(14)5/h6-8,13,18H,9H2,1-5H3. The molecule has 1 atom stereocenters. The van der Waals surface area contributed by atoms with Crippen molar-refractivity contribution in [1.29, 1.82) is 0 Å². The number of rotatable bonds is 4. The molecule has 0 amide bonds. The fourth-order valence-corrected chi connectivity index (χ4v) is 3.06. The monoisotopic (exact) mass is 291 g/mol. The van der Waals surface area contributed by atoms with Gasteiger partial charge in [-0.2, -0.15) is 5.10 Å². The molecule has 20 heavy (non-hydrogen) atoms. The van der Waals surface area contributed by atoms with E-state index in [0.29, 0.717) is 0 Å². The van der Waals surface area contributed by atoms with Crippen LogP contribution in [0.25, 0.3) is 0 Å². The summed E-state index contributed by atoms with van der Waals surface area (Å²) in [6.07, 6.45) is 0.832. The lowest BCUT2D eigenvalue weighted by Gasteiger charge is -2.21. The van der Waals surface area contributed by atoms with E-state index in [9.17, 15) is 0 Å². The molecule has 0 saturated carbocycles. The number of aromatic nitrogens is 2. The molecule has 0 aliphatic rings. The Kier molecular flexibility index (Phi) is 4.51. The van der Waals surface area contributed by atoms with Gasteiger partial charge in [-0.3, -0.25) is 4.68 Å². The van der Waals surface area contributed by atoms with Crippen molar-refractivity contribution in [3.05, 3.63) is 51.3 Å². The van der Waals surface area contributed by atoms with Gasteiger partial charge in [0.25, 0.3) is 0 Å². The third-order valence-electron chi connectivity index (χ3n) is 3.90. The smallest absolute Gasteiger partial charge is 0.0847 e. The van der Waals surface area contributed by atoms with Crippen LogP contribution in [0.1, 0.15) is 34.1 Å². The summed E-state index contributed by atoms with van der Waals surface area (Å²) in [4.78, 5) is 0. The second-order valence-electron chi connectivity index (χ2n) is 5.32. The van der Waals surface area contributed by atoms with E-state index < -0.39 is 0 Å². The minimum absolute atomic E-state index is 0.239. The molecule has 0 fully saturated rings. The van der Waals surface area contributed by atoms with Crippen LogP contribution in [0.3, 0.4) is 0 Å². The van der Waals surface area contributed by atoms with Crippen LogP contribution in [-0.2, 0) is 13.5 Å². The first kappa shape index (κ1) is 15.1. The molecular formula is C16H22ClN3. The molecule has 0 radical (unpaired) electrons. The number of benzene rings is 1. The van der Waals surface area contributed by atoms with Crippen LogP contribution in [0.5, 0.6) is 0 Å². The first-order valence-electron chi connectivity index (χ1n) is 6.87. The largest absolute Gasteiger partial charge is 0.313 e. The highest BCUT2D eigenvalue weighted by molar-refractivity contribution is 6.31. The molecule has 108 valence electrons. The predicted molar refractivity (Wildman–Crippen MR) is 84.4 cm³/mol. The van der Waals surface area contributed by atoms with Crippen LogP contribution in [0.2, 0.25) is 5.02 Å². The molecule has 2 aromatic rings. The van der Waals surface area contributed by atoms with E-state index in [1.807, 2.05) is 25.7 Å². The fourth-order valence-electron chi connectivity index (χ4n) is 2.82. The van der Waals surface area contributed by atoms with E-state index in [4.69, 9.17) is 11.6 Å². The van der Waals surface area contributed by atoms with Crippen LogP contribution in [0.4, 0.5) is 0 Å². The quantitative estimate of drug-likeness (QED) is 0.934. The Balaban J connectivity index is 2.39. The number of aryl methyl sites for hydroxylation is 4. The first-order valence-corrected chi connectivity index (χ1v) is 7.24. The van der Waals surface area contributed by atoms with Gasteiger partial charge in [-0.05, 0) is 44.5 Å². The maximum Gasteiger partial charge on any atom is 0.0847 e. The van der Waals surface area contributed by atoms with Gasteiger partial charge in [0.05, 0.1) is 16.4 Å². The average molecular weight is 292 g/mol. The average Bonchev–Trinajstić information content (AvgIpc) is 2.63. The Hall–Kier alpha value is -1.32. The van der Waals surface area contributed by atoms with Crippen molar-refractivity contribution >= 4 is 11.6 Å². The Morgan fingerprint density at radius 3 is 2.30 bits per heavy atom. The number of nitrogens with zero attached hydrogens (tertiary/aromatic N) is 2. The summed E-state index contributed by atoms with van der Waals surface area (Å²) in [5.41, 5.74) is 5.93. The van der Waals surface area contributed by atoms with Gasteiger partial charge >= 0.3 is 0 Å². The summed E-state index contributed by atoms with van der Waals surface area (Å²) in [6.45, 7) is 6.25. The van der Waals surface area contributed by atoms with Crippen LogP contribution in [0.15, 0.2) is 18.2 Å². The molecule has 0 spiro atoms. The Labute approximate surface area is 126 Å². The zero-order chi connectivity index (χ0) is 14.9. The molecule has 1 unspecified atom stereocenters. The van der Waals surface area contributed by atoms with Gasteiger partial charge in [-0.1, -0.05) is 29.8 Å². The van der Waals surface area contributed by atoms with Gasteiger partial charge in [0.15, 0.2) is 0 Å². The molecule has 0 aliphatic carbocycles. The number of halogens is 1. The molecular weight excluding hydrogens is 270 g/mol. The zero-order valence-electron chi connectivity index (χ0n) is 12.8. The number of nitrogens with one attached hydrogen (secondary N) is 1. The maximum absolute atomic E-state index is 6.37. The third-order valence-corrected chi connectivity index (χ3v) is 4.39. The van der Waals surface area contributed by atoms with E-state index in [-0.39, 0.29) is 6.04 Å². The minimum atomic E-state index is 0.239. The first-order chi connectivity index (χ1) is 9.45. The molecule has 3 nitrogen and oxygen atoms in total. The Bertz CT molecular complexity index is 596. The highest BCUT2D eigenvalue weighted by Gasteiger charge is 2.19. The SMILES string of the molecule is CNC(Cc1c(Cl)c(C)nn1C)c1c(C)cccc1C. The lowest BCUT2D eigenvalue weighted by molar-refractivity contribution is 0.556. The van der Waals surface area contributed by atoms with Crippen molar-refractivity contribution in [2.75, 3.05) is 7.05 Å². The Morgan fingerprint density at radius 2 is 1.85 bits per heavy atom. The summed E-state index contributed by atoms with van der Waals surface area (Å²) in [6, 6.07) is 6.65. The topological polar surface area (TPSA) is 29.9 Å². The molecule has 1 N–H and O–H groups in total.